The molecule has 2 rings (SSSR count). The summed E-state index contributed by atoms with van der Waals surface area (Å²) in [7, 11) is 0. The molecule has 4 nitrogen and oxygen atoms in total. The van der Waals surface area contributed by atoms with Crippen LogP contribution in [0.15, 0.2) is 34.7 Å². The summed E-state index contributed by atoms with van der Waals surface area (Å²) in [5.41, 5.74) is -2.44. The maximum atomic E-state index is 12.5. The van der Waals surface area contributed by atoms with Gasteiger partial charge < -0.3 is 14.8 Å². The molecule has 22 heavy (non-hydrogen) atoms. The van der Waals surface area contributed by atoms with Gasteiger partial charge in [-0.2, -0.15) is 13.2 Å². The summed E-state index contributed by atoms with van der Waals surface area (Å²) in [6, 6.07) is 8.30. The lowest BCUT2D eigenvalue weighted by Gasteiger charge is -2.26. The van der Waals surface area contributed by atoms with E-state index in [4.69, 9.17) is 4.42 Å². The lowest BCUT2D eigenvalue weighted by Crippen LogP contribution is -2.46. The highest BCUT2D eigenvalue weighted by Crippen LogP contribution is 2.32. The number of amides is 1. The number of rotatable bonds is 4. The van der Waals surface area contributed by atoms with E-state index in [1.807, 2.05) is 12.1 Å². The summed E-state index contributed by atoms with van der Waals surface area (Å²) < 4.78 is 43.2. The van der Waals surface area contributed by atoms with Crippen LogP contribution >= 0.6 is 0 Å². The number of para-hydroxylation sites is 1. The van der Waals surface area contributed by atoms with Crippen molar-refractivity contribution >= 4 is 16.9 Å². The van der Waals surface area contributed by atoms with E-state index >= 15 is 0 Å². The molecular weight excluding hydrogens is 299 g/mol. The second-order valence-corrected chi connectivity index (χ2v) is 5.42. The summed E-state index contributed by atoms with van der Waals surface area (Å²) in [6.45, 7) is 2.16. The Morgan fingerprint density at radius 2 is 2.00 bits per heavy atom. The van der Waals surface area contributed by atoms with Crippen LogP contribution in [0.2, 0.25) is 0 Å². The molecule has 7 heteroatoms. The zero-order valence-corrected chi connectivity index (χ0v) is 12.1. The summed E-state index contributed by atoms with van der Waals surface area (Å²) in [5, 5.41) is 12.5. The van der Waals surface area contributed by atoms with Crippen molar-refractivity contribution in [3.63, 3.8) is 0 Å². The molecule has 0 saturated heterocycles. The third-order valence-electron chi connectivity index (χ3n) is 3.36. The molecule has 0 spiro atoms. The van der Waals surface area contributed by atoms with Crippen LogP contribution in [-0.4, -0.2) is 22.8 Å². The third-order valence-corrected chi connectivity index (χ3v) is 3.36. The number of alkyl halides is 3. The molecule has 1 amide bonds. The highest BCUT2D eigenvalue weighted by Gasteiger charge is 2.51. The van der Waals surface area contributed by atoms with E-state index in [2.05, 4.69) is 5.32 Å². The van der Waals surface area contributed by atoms with Crippen molar-refractivity contribution in [1.29, 1.82) is 0 Å². The molecule has 0 radical (unpaired) electrons. The monoisotopic (exact) mass is 315 g/mol. The van der Waals surface area contributed by atoms with E-state index in [1.165, 1.54) is 0 Å². The molecule has 0 unspecified atom stereocenters. The minimum atomic E-state index is -4.87. The minimum Gasteiger partial charge on any atom is -0.459 e. The van der Waals surface area contributed by atoms with Crippen molar-refractivity contribution in [3.05, 3.63) is 36.1 Å². The number of halogens is 3. The zero-order chi connectivity index (χ0) is 16.5. The fourth-order valence-corrected chi connectivity index (χ4v) is 1.99. The number of carbonyl (C=O) groups excluding carboxylic acids is 1. The average Bonchev–Trinajstić information content (AvgIpc) is 2.80. The maximum absolute atomic E-state index is 12.5. The second kappa shape index (κ2) is 5.64. The van der Waals surface area contributed by atoms with Gasteiger partial charge in [0.05, 0.1) is 12.5 Å². The molecular formula is C15H16F3NO3. The number of furan rings is 1. The van der Waals surface area contributed by atoms with Gasteiger partial charge in [0.25, 0.3) is 0 Å². The van der Waals surface area contributed by atoms with Gasteiger partial charge in [-0.05, 0) is 26.0 Å². The van der Waals surface area contributed by atoms with Crippen LogP contribution < -0.4 is 5.32 Å². The first-order valence-corrected chi connectivity index (χ1v) is 6.67. The number of nitrogens with one attached hydrogen (secondary N) is 1. The summed E-state index contributed by atoms with van der Waals surface area (Å²) in [5.74, 6) is -0.475. The zero-order valence-electron chi connectivity index (χ0n) is 12.1. The van der Waals surface area contributed by atoms with Gasteiger partial charge in [0.1, 0.15) is 11.3 Å². The van der Waals surface area contributed by atoms with Crippen molar-refractivity contribution in [2.24, 2.45) is 0 Å². The molecule has 120 valence electrons. The molecule has 1 aromatic heterocycles. The predicted octanol–water partition coefficient (Wildman–Crippen LogP) is 3.31. The highest BCUT2D eigenvalue weighted by atomic mass is 19.4. The molecule has 0 bridgehead atoms. The van der Waals surface area contributed by atoms with Crippen molar-refractivity contribution in [2.45, 2.75) is 38.1 Å². The Balaban J connectivity index is 2.05. The SMILES string of the molecule is C[C@H](NC(=O)C[C@](C)(O)C(F)(F)F)c1cc2ccccc2o1. The van der Waals surface area contributed by atoms with E-state index in [9.17, 15) is 23.1 Å². The molecule has 0 aliphatic carbocycles. The van der Waals surface area contributed by atoms with Crippen LogP contribution in [0.3, 0.4) is 0 Å². The van der Waals surface area contributed by atoms with Crippen molar-refractivity contribution in [2.75, 3.05) is 0 Å². The van der Waals surface area contributed by atoms with Crippen molar-refractivity contribution in [3.8, 4) is 0 Å². The van der Waals surface area contributed by atoms with Crippen LogP contribution in [0.1, 0.15) is 32.1 Å². The predicted molar refractivity (Wildman–Crippen MR) is 74.1 cm³/mol. The third kappa shape index (κ3) is 3.41. The first-order chi connectivity index (χ1) is 10.1. The largest absolute Gasteiger partial charge is 0.459 e. The Bertz CT molecular complexity index is 643. The smallest absolute Gasteiger partial charge is 0.417 e. The van der Waals surface area contributed by atoms with Gasteiger partial charge in [0, 0.05) is 5.39 Å². The fourth-order valence-electron chi connectivity index (χ4n) is 1.99. The average molecular weight is 315 g/mol. The van der Waals surface area contributed by atoms with Crippen LogP contribution in [-0.2, 0) is 4.79 Å². The molecule has 0 aliphatic rings. The first-order valence-electron chi connectivity index (χ1n) is 6.67. The molecule has 2 aromatic rings. The number of benzene rings is 1. The van der Waals surface area contributed by atoms with Crippen LogP contribution in [0.5, 0.6) is 0 Å². The molecule has 1 aromatic carbocycles. The standard InChI is InChI=1S/C15H16F3NO3/c1-9(12-7-10-5-3-4-6-11(10)22-12)19-13(20)8-14(2,21)15(16,17)18/h3-7,9,21H,8H2,1-2H3,(H,19,20)/t9-,14-/m0/s1. The lowest BCUT2D eigenvalue weighted by molar-refractivity contribution is -0.253. The first kappa shape index (κ1) is 16.4. The Morgan fingerprint density at radius 3 is 2.59 bits per heavy atom. The molecule has 0 aliphatic heterocycles. The Morgan fingerprint density at radius 1 is 1.36 bits per heavy atom. The quantitative estimate of drug-likeness (QED) is 0.910. The van der Waals surface area contributed by atoms with Crippen LogP contribution in [0.25, 0.3) is 11.0 Å². The molecule has 2 atom stereocenters. The van der Waals surface area contributed by atoms with Gasteiger partial charge in [-0.3, -0.25) is 4.79 Å². The molecule has 0 fully saturated rings. The molecule has 1 heterocycles. The minimum absolute atomic E-state index is 0.432. The summed E-state index contributed by atoms with van der Waals surface area (Å²) in [4.78, 5) is 11.7. The van der Waals surface area contributed by atoms with Gasteiger partial charge in [0.15, 0.2) is 5.60 Å². The summed E-state index contributed by atoms with van der Waals surface area (Å²) in [6.07, 6.45) is -5.94. The van der Waals surface area contributed by atoms with Gasteiger partial charge >= 0.3 is 6.18 Å². The number of carbonyl (C=O) groups is 1. The van der Waals surface area contributed by atoms with Gasteiger partial charge in [0.2, 0.25) is 5.91 Å². The van der Waals surface area contributed by atoms with Crippen molar-refractivity contribution < 1.29 is 27.5 Å². The normalized spacial score (nSPS) is 16.3. The Kier molecular flexibility index (Phi) is 4.19. The van der Waals surface area contributed by atoms with Gasteiger partial charge in [-0.15, -0.1) is 0 Å². The topological polar surface area (TPSA) is 62.5 Å². The van der Waals surface area contributed by atoms with E-state index < -0.39 is 30.1 Å². The number of fused-ring (bicyclic) bond motifs is 1. The van der Waals surface area contributed by atoms with E-state index in [0.29, 0.717) is 18.3 Å². The molecule has 2 N–H and O–H groups in total. The van der Waals surface area contributed by atoms with Gasteiger partial charge in [-0.25, -0.2) is 0 Å². The number of hydrogen-bond acceptors (Lipinski definition) is 3. The maximum Gasteiger partial charge on any atom is 0.417 e. The Hall–Kier alpha value is -2.02. The Labute approximate surface area is 124 Å². The van der Waals surface area contributed by atoms with Gasteiger partial charge in [-0.1, -0.05) is 18.2 Å². The number of aliphatic hydroxyl groups is 1. The number of hydrogen-bond donors (Lipinski definition) is 2. The second-order valence-electron chi connectivity index (χ2n) is 5.42. The highest BCUT2D eigenvalue weighted by molar-refractivity contribution is 5.79. The molecule has 0 saturated carbocycles. The summed E-state index contributed by atoms with van der Waals surface area (Å²) >= 11 is 0. The van der Waals surface area contributed by atoms with Crippen LogP contribution in [0, 0.1) is 0 Å². The lowest BCUT2D eigenvalue weighted by atomic mass is 10.0. The fraction of sp³-hybridized carbons (Fsp3) is 0.400. The van der Waals surface area contributed by atoms with Crippen LogP contribution in [0.4, 0.5) is 13.2 Å². The van der Waals surface area contributed by atoms with E-state index in [1.54, 1.807) is 25.1 Å². The van der Waals surface area contributed by atoms with E-state index in [-0.39, 0.29) is 0 Å². The van der Waals surface area contributed by atoms with Crippen molar-refractivity contribution in [1.82, 2.24) is 5.32 Å². The van der Waals surface area contributed by atoms with E-state index in [0.717, 1.165) is 5.39 Å².